The Kier molecular flexibility index (Phi) is 11.6. The third kappa shape index (κ3) is 9.74. The van der Waals surface area contributed by atoms with Gasteiger partial charge in [0.15, 0.2) is 13.5 Å². The standard InChI is InChI=1S/C28H28N6O14/c35-23-11-29(12-24(36)31(23)17-47-27(39)45-15-19-1-5-21(6-2-19)33(41)42)9-10-30-13-25(37)32(26(38)14-30)18-48-28(40)46-16-20-3-7-22(8-4-20)34(43)44/h1-8H,9-18H2. The van der Waals surface area contributed by atoms with Crippen LogP contribution in [0.5, 0.6) is 0 Å². The smallest absolute Gasteiger partial charge is 0.429 e. The number of hydrogen-bond donors (Lipinski definition) is 0. The van der Waals surface area contributed by atoms with Gasteiger partial charge in [-0.25, -0.2) is 19.4 Å². The van der Waals surface area contributed by atoms with E-state index in [2.05, 4.69) is 0 Å². The van der Waals surface area contributed by atoms with Gasteiger partial charge in [-0.05, 0) is 35.4 Å². The van der Waals surface area contributed by atoms with E-state index >= 15 is 0 Å². The molecule has 48 heavy (non-hydrogen) atoms. The van der Waals surface area contributed by atoms with Crippen LogP contribution in [0.3, 0.4) is 0 Å². The van der Waals surface area contributed by atoms with Crippen LogP contribution in [0.2, 0.25) is 0 Å². The molecule has 254 valence electrons. The Balaban J connectivity index is 1.12. The van der Waals surface area contributed by atoms with Gasteiger partial charge in [-0.2, -0.15) is 0 Å². The summed E-state index contributed by atoms with van der Waals surface area (Å²) in [6.07, 6.45) is -2.32. The molecule has 0 bridgehead atoms. The highest BCUT2D eigenvalue weighted by Gasteiger charge is 2.35. The maximum absolute atomic E-state index is 12.6. The minimum Gasteiger partial charge on any atom is -0.429 e. The number of non-ortho nitro benzene ring substituents is 2. The number of ether oxygens (including phenoxy) is 4. The number of nitro benzene ring substituents is 2. The van der Waals surface area contributed by atoms with Crippen molar-refractivity contribution in [2.45, 2.75) is 13.2 Å². The SMILES string of the molecule is O=C(OCc1ccc([N+](=O)[O-])cc1)OCN1C(=O)CN(CCN2CC(=O)N(COC(=O)OCc3ccc([N+](=O)[O-])cc3)C(=O)C2)CC1=O. The van der Waals surface area contributed by atoms with Gasteiger partial charge in [0, 0.05) is 37.4 Å². The van der Waals surface area contributed by atoms with E-state index in [-0.39, 0.29) is 63.9 Å². The average Bonchev–Trinajstić information content (AvgIpc) is 3.05. The number of nitro groups is 2. The molecule has 20 nitrogen and oxygen atoms in total. The molecule has 2 fully saturated rings. The zero-order valence-corrected chi connectivity index (χ0v) is 25.1. The summed E-state index contributed by atoms with van der Waals surface area (Å²) in [5, 5.41) is 21.4. The Bertz CT molecular complexity index is 1430. The minimum absolute atomic E-state index is 0.134. The lowest BCUT2D eigenvalue weighted by molar-refractivity contribution is -0.385. The van der Waals surface area contributed by atoms with Crippen LogP contribution in [0.1, 0.15) is 11.1 Å². The molecule has 4 rings (SSSR count). The van der Waals surface area contributed by atoms with Crippen LogP contribution in [0, 0.1) is 20.2 Å². The number of nitrogens with zero attached hydrogens (tertiary/aromatic N) is 6. The van der Waals surface area contributed by atoms with Crippen LogP contribution >= 0.6 is 0 Å². The summed E-state index contributed by atoms with van der Waals surface area (Å²) in [6, 6.07) is 10.5. The Morgan fingerprint density at radius 2 is 0.875 bits per heavy atom. The number of benzene rings is 2. The molecule has 2 saturated heterocycles. The van der Waals surface area contributed by atoms with Crippen LogP contribution in [-0.2, 0) is 51.3 Å². The van der Waals surface area contributed by atoms with Crippen LogP contribution in [-0.4, -0.2) is 118 Å². The molecule has 2 heterocycles. The Morgan fingerprint density at radius 1 is 0.562 bits per heavy atom. The first-order valence-corrected chi connectivity index (χ1v) is 14.1. The third-order valence-electron chi connectivity index (χ3n) is 7.00. The van der Waals surface area contributed by atoms with Crippen molar-refractivity contribution in [1.82, 2.24) is 19.6 Å². The van der Waals surface area contributed by atoms with Crippen molar-refractivity contribution in [3.63, 3.8) is 0 Å². The first-order valence-electron chi connectivity index (χ1n) is 14.1. The van der Waals surface area contributed by atoms with Gasteiger partial charge in [0.1, 0.15) is 13.2 Å². The summed E-state index contributed by atoms with van der Waals surface area (Å²) in [5.74, 6) is -2.60. The van der Waals surface area contributed by atoms with Crippen molar-refractivity contribution in [3.8, 4) is 0 Å². The first-order chi connectivity index (χ1) is 22.9. The van der Waals surface area contributed by atoms with Crippen molar-refractivity contribution in [1.29, 1.82) is 0 Å². The second-order valence-electron chi connectivity index (χ2n) is 10.3. The van der Waals surface area contributed by atoms with Gasteiger partial charge >= 0.3 is 12.3 Å². The molecule has 2 aliphatic heterocycles. The zero-order valence-electron chi connectivity index (χ0n) is 25.1. The molecule has 0 aliphatic carbocycles. The van der Waals surface area contributed by atoms with Crippen molar-refractivity contribution in [2.24, 2.45) is 0 Å². The minimum atomic E-state index is -1.16. The van der Waals surface area contributed by atoms with Crippen LogP contribution < -0.4 is 0 Å². The van der Waals surface area contributed by atoms with E-state index in [0.717, 1.165) is 9.80 Å². The monoisotopic (exact) mass is 672 g/mol. The van der Waals surface area contributed by atoms with Gasteiger partial charge in [0.05, 0.1) is 36.0 Å². The van der Waals surface area contributed by atoms with E-state index in [1.54, 1.807) is 0 Å². The molecule has 4 amide bonds. The second-order valence-corrected chi connectivity index (χ2v) is 10.3. The molecule has 2 aliphatic rings. The normalized spacial score (nSPS) is 15.7. The number of amides is 4. The lowest BCUT2D eigenvalue weighted by Gasteiger charge is -2.35. The van der Waals surface area contributed by atoms with E-state index in [1.807, 2.05) is 0 Å². The predicted molar refractivity (Wildman–Crippen MR) is 155 cm³/mol. The fraction of sp³-hybridized carbons (Fsp3) is 0.357. The van der Waals surface area contributed by atoms with Gasteiger partial charge in [-0.3, -0.25) is 49.2 Å². The fourth-order valence-corrected chi connectivity index (χ4v) is 4.41. The molecular formula is C28H28N6O14. The molecule has 2 aromatic carbocycles. The van der Waals surface area contributed by atoms with E-state index < -0.39 is 59.2 Å². The summed E-state index contributed by atoms with van der Waals surface area (Å²) < 4.78 is 19.5. The largest absolute Gasteiger partial charge is 0.510 e. The Hall–Kier alpha value is -6.02. The molecule has 0 radical (unpaired) electrons. The van der Waals surface area contributed by atoms with Crippen molar-refractivity contribution in [3.05, 3.63) is 79.9 Å². The van der Waals surface area contributed by atoms with E-state index in [0.29, 0.717) is 11.1 Å². The van der Waals surface area contributed by atoms with Crippen molar-refractivity contribution >= 4 is 47.3 Å². The highest BCUT2D eigenvalue weighted by molar-refractivity contribution is 6.00. The number of hydrogen-bond acceptors (Lipinski definition) is 16. The summed E-state index contributed by atoms with van der Waals surface area (Å²) in [6.45, 7) is -2.38. The molecule has 0 atom stereocenters. The van der Waals surface area contributed by atoms with Crippen LogP contribution in [0.4, 0.5) is 21.0 Å². The third-order valence-corrected chi connectivity index (χ3v) is 7.00. The van der Waals surface area contributed by atoms with E-state index in [9.17, 15) is 49.0 Å². The van der Waals surface area contributed by atoms with Crippen molar-refractivity contribution < 1.29 is 57.6 Å². The molecule has 0 spiro atoms. The summed E-state index contributed by atoms with van der Waals surface area (Å²) in [4.78, 5) is 98.8. The topological polar surface area (TPSA) is 239 Å². The Morgan fingerprint density at radius 3 is 1.17 bits per heavy atom. The number of imide groups is 2. The molecule has 20 heteroatoms. The second kappa shape index (κ2) is 16.0. The van der Waals surface area contributed by atoms with E-state index in [1.165, 1.54) is 58.3 Å². The van der Waals surface area contributed by atoms with Crippen LogP contribution in [0.15, 0.2) is 48.5 Å². The maximum Gasteiger partial charge on any atom is 0.510 e. The summed E-state index contributed by atoms with van der Waals surface area (Å²) in [5.41, 5.74) is 0.639. The lowest BCUT2D eigenvalue weighted by Crippen LogP contribution is -2.58. The molecule has 0 N–H and O–H groups in total. The number of carbonyl (C=O) groups excluding carboxylic acids is 6. The molecule has 0 unspecified atom stereocenters. The first kappa shape index (κ1) is 34.8. The Labute approximate surface area is 270 Å². The van der Waals surface area contributed by atoms with Crippen LogP contribution in [0.25, 0.3) is 0 Å². The van der Waals surface area contributed by atoms with Gasteiger partial charge in [-0.1, -0.05) is 0 Å². The highest BCUT2D eigenvalue weighted by Crippen LogP contribution is 2.15. The average molecular weight is 673 g/mol. The number of rotatable bonds is 13. The van der Waals surface area contributed by atoms with Crippen molar-refractivity contribution in [2.75, 3.05) is 52.7 Å². The van der Waals surface area contributed by atoms with Gasteiger partial charge in [0.2, 0.25) is 23.6 Å². The van der Waals surface area contributed by atoms with E-state index in [4.69, 9.17) is 18.9 Å². The maximum atomic E-state index is 12.6. The molecule has 0 saturated carbocycles. The van der Waals surface area contributed by atoms with Gasteiger partial charge < -0.3 is 18.9 Å². The predicted octanol–water partition coefficient (Wildman–Crippen LogP) is 0.766. The molecule has 2 aromatic rings. The van der Waals surface area contributed by atoms with Gasteiger partial charge in [0.25, 0.3) is 11.4 Å². The van der Waals surface area contributed by atoms with Gasteiger partial charge in [-0.15, -0.1) is 0 Å². The fourth-order valence-electron chi connectivity index (χ4n) is 4.41. The number of piperazine rings is 2. The highest BCUT2D eigenvalue weighted by atomic mass is 16.7. The summed E-state index contributed by atoms with van der Waals surface area (Å²) in [7, 11) is 0. The zero-order chi connectivity index (χ0) is 34.8. The molecule has 0 aromatic heterocycles. The number of carbonyl (C=O) groups is 6. The summed E-state index contributed by atoms with van der Waals surface area (Å²) >= 11 is 0. The quantitative estimate of drug-likeness (QED) is 0.123. The molecular weight excluding hydrogens is 644 g/mol. The lowest BCUT2D eigenvalue weighted by atomic mass is 10.2.